The maximum absolute atomic E-state index is 12.0. The summed E-state index contributed by atoms with van der Waals surface area (Å²) >= 11 is 0. The molecule has 0 spiro atoms. The van der Waals surface area contributed by atoms with E-state index in [-0.39, 0.29) is 23.1 Å². The second-order valence-electron chi connectivity index (χ2n) is 8.44. The zero-order valence-electron chi connectivity index (χ0n) is 18.4. The number of nitrogens with zero attached hydrogens (tertiary/aromatic N) is 3. The summed E-state index contributed by atoms with van der Waals surface area (Å²) in [6.07, 6.45) is 0.403. The third-order valence-corrected chi connectivity index (χ3v) is 5.99. The highest BCUT2D eigenvalue weighted by Gasteiger charge is 2.23. The zero-order valence-corrected chi connectivity index (χ0v) is 18.4. The van der Waals surface area contributed by atoms with Crippen molar-refractivity contribution in [1.29, 1.82) is 0 Å². The zero-order chi connectivity index (χ0) is 23.1. The van der Waals surface area contributed by atoms with Crippen LogP contribution in [0.5, 0.6) is 0 Å². The molecule has 4 aromatic rings. The van der Waals surface area contributed by atoms with Gasteiger partial charge in [-0.05, 0) is 30.7 Å². The van der Waals surface area contributed by atoms with E-state index in [1.54, 1.807) is 6.07 Å². The summed E-state index contributed by atoms with van der Waals surface area (Å²) in [4.78, 5) is 31.4. The lowest BCUT2D eigenvalue weighted by molar-refractivity contribution is -0.121. The van der Waals surface area contributed by atoms with Crippen molar-refractivity contribution in [2.75, 3.05) is 5.73 Å². The van der Waals surface area contributed by atoms with Gasteiger partial charge in [-0.25, -0.2) is 10.4 Å². The molecule has 0 aliphatic carbocycles. The number of nitrogen functional groups attached to an aromatic ring is 1. The summed E-state index contributed by atoms with van der Waals surface area (Å²) in [6, 6.07) is 17.9. The number of aromatic nitrogens is 3. The maximum Gasteiger partial charge on any atom is 0.271 e. The van der Waals surface area contributed by atoms with Gasteiger partial charge in [0.2, 0.25) is 5.91 Å². The first-order valence-electron chi connectivity index (χ1n) is 10.8. The molecule has 166 valence electrons. The van der Waals surface area contributed by atoms with Crippen LogP contribution in [0, 0.1) is 12.8 Å². The Bertz CT molecular complexity index is 1470. The number of anilines is 1. The Morgan fingerprint density at radius 3 is 2.67 bits per heavy atom. The van der Waals surface area contributed by atoms with Gasteiger partial charge in [0.15, 0.2) is 0 Å². The number of nitrogens with one attached hydrogen (secondary N) is 2. The van der Waals surface area contributed by atoms with Crippen LogP contribution in [-0.4, -0.2) is 26.2 Å². The van der Waals surface area contributed by atoms with E-state index in [1.807, 2.05) is 50.2 Å². The summed E-state index contributed by atoms with van der Waals surface area (Å²) in [7, 11) is 0. The van der Waals surface area contributed by atoms with Crippen molar-refractivity contribution in [2.45, 2.75) is 26.8 Å². The normalized spacial score (nSPS) is 16.0. The lowest BCUT2D eigenvalue weighted by atomic mass is 9.94. The van der Waals surface area contributed by atoms with Crippen molar-refractivity contribution >= 4 is 28.3 Å². The number of nitrogens with two attached hydrogens (primary N) is 1. The van der Waals surface area contributed by atoms with E-state index >= 15 is 0 Å². The molecule has 0 fully saturated rings. The molecule has 5 rings (SSSR count). The molecule has 4 N–H and O–H groups in total. The Labute approximate surface area is 190 Å². The smallest absolute Gasteiger partial charge is 0.271 e. The van der Waals surface area contributed by atoms with E-state index in [4.69, 9.17) is 10.7 Å². The number of hydrogen-bond acceptors (Lipinski definition) is 5. The standard InChI is InChI=1S/C25H24N6O2/c1-14-10-22(32)29-30-23(14)17-8-9-21-20(11-17)28-24(18-12-19(26)25(33)27-15(18)2)31(21)13-16-6-4-3-5-7-16/h3-9,11-12,14H,10,13,26H2,1-2H3,(H,27,33)(H,29,32). The molecule has 1 aliphatic rings. The fourth-order valence-corrected chi connectivity index (χ4v) is 4.29. The predicted octanol–water partition coefficient (Wildman–Crippen LogP) is 3.19. The Hall–Kier alpha value is -4.20. The van der Waals surface area contributed by atoms with Crippen molar-refractivity contribution in [3.8, 4) is 11.4 Å². The number of carbonyl (C=O) groups is 1. The van der Waals surface area contributed by atoms with Crippen LogP contribution in [0.15, 0.2) is 64.5 Å². The summed E-state index contributed by atoms with van der Waals surface area (Å²) < 4.78 is 2.13. The maximum atomic E-state index is 12.0. The fourth-order valence-electron chi connectivity index (χ4n) is 4.29. The Balaban J connectivity index is 1.69. The molecule has 1 atom stereocenters. The molecule has 2 aromatic heterocycles. The van der Waals surface area contributed by atoms with Crippen molar-refractivity contribution in [1.82, 2.24) is 20.0 Å². The SMILES string of the molecule is Cc1[nH]c(=O)c(N)cc1-c1nc2cc(C3=NNC(=O)CC3C)ccc2n1Cc1ccccc1. The summed E-state index contributed by atoms with van der Waals surface area (Å²) in [5.41, 5.74) is 14.5. The van der Waals surface area contributed by atoms with Gasteiger partial charge >= 0.3 is 0 Å². The minimum absolute atomic E-state index is 0.0170. The highest BCUT2D eigenvalue weighted by atomic mass is 16.2. The second kappa shape index (κ2) is 8.05. The van der Waals surface area contributed by atoms with Gasteiger partial charge in [0.25, 0.3) is 5.56 Å². The summed E-state index contributed by atoms with van der Waals surface area (Å²) in [5, 5.41) is 4.29. The summed E-state index contributed by atoms with van der Waals surface area (Å²) in [6.45, 7) is 4.44. The molecule has 2 aromatic carbocycles. The van der Waals surface area contributed by atoms with Gasteiger partial charge in [-0.3, -0.25) is 9.59 Å². The molecule has 0 radical (unpaired) electrons. The second-order valence-corrected chi connectivity index (χ2v) is 8.44. The minimum Gasteiger partial charge on any atom is -0.394 e. The Morgan fingerprint density at radius 1 is 1.12 bits per heavy atom. The van der Waals surface area contributed by atoms with Gasteiger partial charge in [-0.15, -0.1) is 0 Å². The van der Waals surface area contributed by atoms with Crippen molar-refractivity contribution in [2.24, 2.45) is 11.0 Å². The molecule has 1 amide bonds. The van der Waals surface area contributed by atoms with E-state index in [1.165, 1.54) is 0 Å². The fraction of sp³-hybridized carbons (Fsp3) is 0.200. The van der Waals surface area contributed by atoms with E-state index < -0.39 is 0 Å². The lowest BCUT2D eigenvalue weighted by Crippen LogP contribution is -2.31. The average molecular weight is 441 g/mol. The van der Waals surface area contributed by atoms with E-state index in [0.29, 0.717) is 18.7 Å². The first kappa shape index (κ1) is 20.7. The van der Waals surface area contributed by atoms with Gasteiger partial charge in [-0.1, -0.05) is 43.3 Å². The molecule has 0 saturated carbocycles. The number of benzene rings is 2. The number of amides is 1. The molecule has 1 unspecified atom stereocenters. The molecule has 8 nitrogen and oxygen atoms in total. The molecule has 0 bridgehead atoms. The topological polar surface area (TPSA) is 118 Å². The predicted molar refractivity (Wildman–Crippen MR) is 129 cm³/mol. The molecule has 33 heavy (non-hydrogen) atoms. The van der Waals surface area contributed by atoms with Gasteiger partial charge in [0, 0.05) is 35.7 Å². The Morgan fingerprint density at radius 2 is 1.91 bits per heavy atom. The number of pyridine rings is 1. The first-order chi connectivity index (χ1) is 15.9. The number of aromatic amines is 1. The molecular formula is C25H24N6O2. The van der Waals surface area contributed by atoms with Crippen LogP contribution in [0.3, 0.4) is 0 Å². The van der Waals surface area contributed by atoms with Crippen LogP contribution >= 0.6 is 0 Å². The monoisotopic (exact) mass is 440 g/mol. The van der Waals surface area contributed by atoms with E-state index in [0.717, 1.165) is 39.3 Å². The number of imidazole rings is 1. The van der Waals surface area contributed by atoms with Crippen LogP contribution in [0.1, 0.15) is 30.2 Å². The number of H-pyrrole nitrogens is 1. The molecule has 3 heterocycles. The van der Waals surface area contributed by atoms with Gasteiger partial charge in [0.05, 0.1) is 22.4 Å². The number of fused-ring (bicyclic) bond motifs is 1. The quantitative estimate of drug-likeness (QED) is 0.452. The first-order valence-corrected chi connectivity index (χ1v) is 10.8. The van der Waals surface area contributed by atoms with Gasteiger partial charge in [0.1, 0.15) is 5.82 Å². The molecule has 1 aliphatic heterocycles. The molecular weight excluding hydrogens is 416 g/mol. The van der Waals surface area contributed by atoms with Crippen molar-refractivity contribution in [3.05, 3.63) is 81.8 Å². The van der Waals surface area contributed by atoms with Crippen LogP contribution in [0.2, 0.25) is 0 Å². The average Bonchev–Trinajstić information content (AvgIpc) is 3.14. The van der Waals surface area contributed by atoms with E-state index in [2.05, 4.69) is 32.2 Å². The number of carbonyl (C=O) groups excluding carboxylic acids is 1. The third-order valence-electron chi connectivity index (χ3n) is 5.99. The van der Waals surface area contributed by atoms with Crippen LogP contribution < -0.4 is 16.7 Å². The van der Waals surface area contributed by atoms with Gasteiger partial charge < -0.3 is 15.3 Å². The van der Waals surface area contributed by atoms with Crippen LogP contribution in [0.25, 0.3) is 22.4 Å². The third kappa shape index (κ3) is 3.80. The summed E-state index contributed by atoms with van der Waals surface area (Å²) in [5.74, 6) is 0.662. The largest absolute Gasteiger partial charge is 0.394 e. The van der Waals surface area contributed by atoms with Crippen molar-refractivity contribution < 1.29 is 4.79 Å². The van der Waals surface area contributed by atoms with Crippen LogP contribution in [0.4, 0.5) is 5.69 Å². The Kier molecular flexibility index (Phi) is 5.05. The highest BCUT2D eigenvalue weighted by molar-refractivity contribution is 6.07. The molecule has 0 saturated heterocycles. The number of aryl methyl sites for hydroxylation is 1. The van der Waals surface area contributed by atoms with Crippen molar-refractivity contribution in [3.63, 3.8) is 0 Å². The number of hydrazone groups is 1. The number of rotatable bonds is 4. The van der Waals surface area contributed by atoms with Gasteiger partial charge in [-0.2, -0.15) is 5.10 Å². The van der Waals surface area contributed by atoms with E-state index in [9.17, 15) is 9.59 Å². The number of hydrogen-bond donors (Lipinski definition) is 3. The molecule has 8 heteroatoms. The lowest BCUT2D eigenvalue weighted by Gasteiger charge is -2.19. The highest BCUT2D eigenvalue weighted by Crippen LogP contribution is 2.29. The van der Waals surface area contributed by atoms with Crippen LogP contribution in [-0.2, 0) is 11.3 Å². The minimum atomic E-state index is -0.310.